The number of para-hydroxylation sites is 2. The van der Waals surface area contributed by atoms with E-state index in [0.717, 1.165) is 22.4 Å². The summed E-state index contributed by atoms with van der Waals surface area (Å²) >= 11 is 0. The average molecular weight is 446 g/mol. The van der Waals surface area contributed by atoms with Crippen LogP contribution in [0, 0.1) is 13.8 Å². The fourth-order valence-corrected chi connectivity index (χ4v) is 3.69. The lowest BCUT2D eigenvalue weighted by Gasteiger charge is -2.27. The second-order valence-corrected chi connectivity index (χ2v) is 7.94. The first-order valence-corrected chi connectivity index (χ1v) is 11.0. The van der Waals surface area contributed by atoms with Gasteiger partial charge in [-0.3, -0.25) is 14.5 Å². The van der Waals surface area contributed by atoms with Crippen molar-refractivity contribution < 1.29 is 14.3 Å². The molecule has 3 aromatic rings. The summed E-state index contributed by atoms with van der Waals surface area (Å²) in [5, 5.41) is 5.95. The third-order valence-corrected chi connectivity index (χ3v) is 5.52. The fourth-order valence-electron chi connectivity index (χ4n) is 3.69. The Morgan fingerprint density at radius 3 is 2.27 bits per heavy atom. The van der Waals surface area contributed by atoms with Gasteiger partial charge in [0.2, 0.25) is 11.8 Å². The van der Waals surface area contributed by atoms with Crippen LogP contribution in [0.2, 0.25) is 0 Å². The number of aryl methyl sites for hydroxylation is 1. The van der Waals surface area contributed by atoms with Crippen LogP contribution in [0.4, 0.5) is 11.4 Å². The van der Waals surface area contributed by atoms with E-state index in [9.17, 15) is 9.59 Å². The molecular weight excluding hydrogens is 414 g/mol. The highest BCUT2D eigenvalue weighted by molar-refractivity contribution is 5.98. The monoisotopic (exact) mass is 445 g/mol. The molecule has 2 N–H and O–H groups in total. The first kappa shape index (κ1) is 24.0. The van der Waals surface area contributed by atoms with Crippen LogP contribution in [0.15, 0.2) is 72.8 Å². The van der Waals surface area contributed by atoms with Gasteiger partial charge in [-0.25, -0.2) is 0 Å². The molecule has 0 bridgehead atoms. The number of anilines is 2. The van der Waals surface area contributed by atoms with Gasteiger partial charge in [0.05, 0.1) is 18.8 Å². The molecule has 0 aliphatic carbocycles. The fraction of sp³-hybridized carbons (Fsp3) is 0.259. The standard InChI is InChI=1S/C27H31N3O3/c1-5-33-24-17-10-9-15-23(24)29-27(32)26(21-13-7-6-8-14-21)30(4)18-25(31)28-22-16-11-12-19(2)20(22)3/h6-17,26H,5,18H2,1-4H3,(H,28,31)(H,29,32). The summed E-state index contributed by atoms with van der Waals surface area (Å²) in [6, 6.07) is 21.9. The van der Waals surface area contributed by atoms with Crippen LogP contribution in [0.3, 0.4) is 0 Å². The highest BCUT2D eigenvalue weighted by atomic mass is 16.5. The minimum Gasteiger partial charge on any atom is -0.492 e. The molecule has 0 heterocycles. The highest BCUT2D eigenvalue weighted by Crippen LogP contribution is 2.27. The molecule has 0 aromatic heterocycles. The molecule has 6 heteroatoms. The molecule has 33 heavy (non-hydrogen) atoms. The summed E-state index contributed by atoms with van der Waals surface area (Å²) in [6.45, 7) is 6.42. The van der Waals surface area contributed by atoms with Crippen molar-refractivity contribution in [2.45, 2.75) is 26.8 Å². The number of hydrogen-bond acceptors (Lipinski definition) is 4. The first-order valence-electron chi connectivity index (χ1n) is 11.0. The van der Waals surface area contributed by atoms with E-state index in [-0.39, 0.29) is 18.4 Å². The highest BCUT2D eigenvalue weighted by Gasteiger charge is 2.27. The van der Waals surface area contributed by atoms with Crippen LogP contribution in [0.5, 0.6) is 5.75 Å². The zero-order valence-corrected chi connectivity index (χ0v) is 19.6. The molecule has 3 aromatic carbocycles. The van der Waals surface area contributed by atoms with Gasteiger partial charge in [-0.1, -0.05) is 54.6 Å². The molecule has 172 valence electrons. The summed E-state index contributed by atoms with van der Waals surface area (Å²) < 4.78 is 5.64. The normalized spacial score (nSPS) is 11.7. The Morgan fingerprint density at radius 1 is 0.879 bits per heavy atom. The number of rotatable bonds is 9. The Morgan fingerprint density at radius 2 is 1.55 bits per heavy atom. The Balaban J connectivity index is 1.80. The van der Waals surface area contributed by atoms with Crippen molar-refractivity contribution in [3.8, 4) is 5.75 Å². The smallest absolute Gasteiger partial charge is 0.246 e. The zero-order chi connectivity index (χ0) is 23.8. The van der Waals surface area contributed by atoms with E-state index in [1.165, 1.54) is 0 Å². The second kappa shape index (κ2) is 11.3. The molecular formula is C27H31N3O3. The topological polar surface area (TPSA) is 70.7 Å². The van der Waals surface area contributed by atoms with Crippen LogP contribution in [0.1, 0.15) is 29.7 Å². The molecule has 2 amide bonds. The third kappa shape index (κ3) is 6.20. The largest absolute Gasteiger partial charge is 0.492 e. The molecule has 0 saturated carbocycles. The molecule has 0 spiro atoms. The number of nitrogens with one attached hydrogen (secondary N) is 2. The van der Waals surface area contributed by atoms with Gasteiger partial charge in [-0.15, -0.1) is 0 Å². The lowest BCUT2D eigenvalue weighted by Crippen LogP contribution is -2.39. The predicted octanol–water partition coefficient (Wildman–Crippen LogP) is 4.95. The summed E-state index contributed by atoms with van der Waals surface area (Å²) in [4.78, 5) is 28.0. The van der Waals surface area contributed by atoms with Gasteiger partial charge in [-0.05, 0) is 62.7 Å². The van der Waals surface area contributed by atoms with E-state index in [2.05, 4.69) is 10.6 Å². The summed E-state index contributed by atoms with van der Waals surface area (Å²) in [7, 11) is 1.77. The van der Waals surface area contributed by atoms with Gasteiger partial charge in [0.15, 0.2) is 0 Å². The molecule has 0 fully saturated rings. The van der Waals surface area contributed by atoms with Crippen molar-refractivity contribution in [1.82, 2.24) is 4.90 Å². The van der Waals surface area contributed by atoms with Crippen molar-refractivity contribution in [2.75, 3.05) is 30.8 Å². The van der Waals surface area contributed by atoms with Crippen LogP contribution in [0.25, 0.3) is 0 Å². The van der Waals surface area contributed by atoms with Crippen molar-refractivity contribution >= 4 is 23.2 Å². The summed E-state index contributed by atoms with van der Waals surface area (Å²) in [6.07, 6.45) is 0. The van der Waals surface area contributed by atoms with Gasteiger partial charge >= 0.3 is 0 Å². The Labute approximate surface area is 195 Å². The molecule has 0 radical (unpaired) electrons. The lowest BCUT2D eigenvalue weighted by molar-refractivity contribution is -0.123. The predicted molar refractivity (Wildman–Crippen MR) is 133 cm³/mol. The Hall–Kier alpha value is -3.64. The van der Waals surface area contributed by atoms with Gasteiger partial charge in [0.25, 0.3) is 0 Å². The number of nitrogens with zero attached hydrogens (tertiary/aromatic N) is 1. The summed E-state index contributed by atoms with van der Waals surface area (Å²) in [5.74, 6) is 0.181. The van der Waals surface area contributed by atoms with Crippen LogP contribution >= 0.6 is 0 Å². The maximum Gasteiger partial charge on any atom is 0.246 e. The van der Waals surface area contributed by atoms with E-state index in [1.54, 1.807) is 18.0 Å². The number of carbonyl (C=O) groups is 2. The van der Waals surface area contributed by atoms with Gasteiger partial charge < -0.3 is 15.4 Å². The second-order valence-electron chi connectivity index (χ2n) is 7.94. The van der Waals surface area contributed by atoms with Gasteiger partial charge in [0.1, 0.15) is 11.8 Å². The number of carbonyl (C=O) groups excluding carboxylic acids is 2. The maximum atomic E-state index is 13.4. The number of ether oxygens (including phenoxy) is 1. The first-order chi connectivity index (χ1) is 15.9. The van der Waals surface area contributed by atoms with E-state index < -0.39 is 6.04 Å². The molecule has 0 saturated heterocycles. The van der Waals surface area contributed by atoms with Crippen molar-refractivity contribution in [3.63, 3.8) is 0 Å². The van der Waals surface area contributed by atoms with Crippen molar-refractivity contribution in [3.05, 3.63) is 89.5 Å². The van der Waals surface area contributed by atoms with Crippen molar-refractivity contribution in [2.24, 2.45) is 0 Å². The van der Waals surface area contributed by atoms with Crippen LogP contribution < -0.4 is 15.4 Å². The van der Waals surface area contributed by atoms with Gasteiger partial charge in [0, 0.05) is 5.69 Å². The molecule has 1 unspecified atom stereocenters. The average Bonchev–Trinajstić information content (AvgIpc) is 2.79. The van der Waals surface area contributed by atoms with Crippen molar-refractivity contribution in [1.29, 1.82) is 0 Å². The van der Waals surface area contributed by atoms with E-state index in [0.29, 0.717) is 18.0 Å². The minimum atomic E-state index is -0.662. The molecule has 0 aliphatic rings. The maximum absolute atomic E-state index is 13.4. The number of hydrogen-bond donors (Lipinski definition) is 2. The van der Waals surface area contributed by atoms with Gasteiger partial charge in [-0.2, -0.15) is 0 Å². The summed E-state index contributed by atoms with van der Waals surface area (Å²) in [5.41, 5.74) is 4.30. The van der Waals surface area contributed by atoms with E-state index in [4.69, 9.17) is 4.74 Å². The van der Waals surface area contributed by atoms with Crippen LogP contribution in [-0.4, -0.2) is 36.9 Å². The minimum absolute atomic E-state index is 0.0491. The molecule has 0 aliphatic heterocycles. The molecule has 6 nitrogen and oxygen atoms in total. The zero-order valence-electron chi connectivity index (χ0n) is 19.6. The molecule has 3 rings (SSSR count). The third-order valence-electron chi connectivity index (χ3n) is 5.52. The molecule has 1 atom stereocenters. The number of amides is 2. The quantitative estimate of drug-likeness (QED) is 0.489. The number of likely N-dealkylation sites (N-methyl/N-ethyl adjacent to an activating group) is 1. The SMILES string of the molecule is CCOc1ccccc1NC(=O)C(c1ccccc1)N(C)CC(=O)Nc1cccc(C)c1C. The van der Waals surface area contributed by atoms with Crippen LogP contribution in [-0.2, 0) is 9.59 Å². The lowest BCUT2D eigenvalue weighted by atomic mass is 10.0. The Kier molecular flexibility index (Phi) is 8.22. The Bertz CT molecular complexity index is 1100. The van der Waals surface area contributed by atoms with E-state index in [1.807, 2.05) is 87.5 Å². The van der Waals surface area contributed by atoms with E-state index >= 15 is 0 Å². The number of benzene rings is 3.